The van der Waals surface area contributed by atoms with Crippen LogP contribution >= 0.6 is 0 Å². The maximum absolute atomic E-state index is 6.23. The number of rotatable bonds is 5. The summed E-state index contributed by atoms with van der Waals surface area (Å²) in [5, 5.41) is 0.244. The van der Waals surface area contributed by atoms with Crippen LogP contribution in [0.3, 0.4) is 0 Å². The Hall–Kier alpha value is -0.803. The second-order valence-electron chi connectivity index (χ2n) is 6.09. The van der Waals surface area contributed by atoms with Gasteiger partial charge in [-0.3, -0.25) is 0 Å². The summed E-state index contributed by atoms with van der Waals surface area (Å²) in [4.78, 5) is 0. The molecule has 3 heteroatoms. The highest BCUT2D eigenvalue weighted by Crippen LogP contribution is 2.37. The van der Waals surface area contributed by atoms with Crippen LogP contribution in [-0.4, -0.2) is 14.9 Å². The molecule has 2 nitrogen and oxygen atoms in total. The maximum Gasteiger partial charge on any atom is 0.192 e. The lowest BCUT2D eigenvalue weighted by atomic mass is 10.2. The minimum atomic E-state index is -1.69. The van der Waals surface area contributed by atoms with Crippen molar-refractivity contribution in [2.75, 3.05) is 6.61 Å². The Labute approximate surface area is 112 Å². The lowest BCUT2D eigenvalue weighted by Gasteiger charge is -2.36. The number of benzene rings is 1. The van der Waals surface area contributed by atoms with Crippen molar-refractivity contribution in [1.82, 2.24) is 0 Å². The first-order valence-electron chi connectivity index (χ1n) is 6.62. The molecule has 0 saturated carbocycles. The standard InChI is InChI=1S/C15H26O2Si/c1-7-16-14-11-9-8-10-13(14)12-17-18(5,6)15(2,3)4/h8-11H,7,12H2,1-6H3. The molecule has 0 radical (unpaired) electrons. The van der Waals surface area contributed by atoms with Gasteiger partial charge < -0.3 is 9.16 Å². The van der Waals surface area contributed by atoms with E-state index in [1.165, 1.54) is 0 Å². The molecule has 0 unspecified atom stereocenters. The average molecular weight is 266 g/mol. The molecule has 0 heterocycles. The molecule has 0 bridgehead atoms. The molecule has 0 aliphatic heterocycles. The van der Waals surface area contributed by atoms with Gasteiger partial charge in [-0.05, 0) is 31.1 Å². The third-order valence-electron chi connectivity index (χ3n) is 3.67. The zero-order chi connectivity index (χ0) is 13.8. The quantitative estimate of drug-likeness (QED) is 0.725. The molecule has 0 atom stereocenters. The predicted molar refractivity (Wildman–Crippen MR) is 79.6 cm³/mol. The van der Waals surface area contributed by atoms with Gasteiger partial charge in [-0.1, -0.05) is 39.0 Å². The van der Waals surface area contributed by atoms with Gasteiger partial charge in [0.1, 0.15) is 5.75 Å². The van der Waals surface area contributed by atoms with E-state index in [-0.39, 0.29) is 5.04 Å². The smallest absolute Gasteiger partial charge is 0.192 e. The van der Waals surface area contributed by atoms with Gasteiger partial charge in [0.25, 0.3) is 0 Å². The van der Waals surface area contributed by atoms with Gasteiger partial charge in [-0.2, -0.15) is 0 Å². The molecule has 0 spiro atoms. The Morgan fingerprint density at radius 2 is 1.72 bits per heavy atom. The van der Waals surface area contributed by atoms with Gasteiger partial charge in [0.15, 0.2) is 8.32 Å². The summed E-state index contributed by atoms with van der Waals surface area (Å²) in [6, 6.07) is 8.12. The van der Waals surface area contributed by atoms with Crippen molar-refractivity contribution in [2.45, 2.75) is 52.4 Å². The molecule has 0 aliphatic carbocycles. The summed E-state index contributed by atoms with van der Waals surface area (Å²) < 4.78 is 11.8. The van der Waals surface area contributed by atoms with Gasteiger partial charge in [0.05, 0.1) is 13.2 Å². The summed E-state index contributed by atoms with van der Waals surface area (Å²) in [5.41, 5.74) is 1.14. The second-order valence-corrected chi connectivity index (χ2v) is 10.9. The van der Waals surface area contributed by atoms with E-state index >= 15 is 0 Å². The van der Waals surface area contributed by atoms with Gasteiger partial charge in [-0.25, -0.2) is 0 Å². The fourth-order valence-electron chi connectivity index (χ4n) is 1.39. The third-order valence-corrected chi connectivity index (χ3v) is 8.15. The Bertz CT molecular complexity index is 380. The van der Waals surface area contributed by atoms with Crippen molar-refractivity contribution < 1.29 is 9.16 Å². The molecule has 1 rings (SSSR count). The highest BCUT2D eigenvalue weighted by atomic mass is 28.4. The topological polar surface area (TPSA) is 18.5 Å². The summed E-state index contributed by atoms with van der Waals surface area (Å²) >= 11 is 0. The zero-order valence-electron chi connectivity index (χ0n) is 12.5. The summed E-state index contributed by atoms with van der Waals surface area (Å²) in [7, 11) is -1.69. The van der Waals surface area contributed by atoms with Crippen molar-refractivity contribution in [1.29, 1.82) is 0 Å². The zero-order valence-corrected chi connectivity index (χ0v) is 13.5. The maximum atomic E-state index is 6.23. The van der Waals surface area contributed by atoms with Gasteiger partial charge in [0, 0.05) is 5.56 Å². The van der Waals surface area contributed by atoms with E-state index in [9.17, 15) is 0 Å². The number of ether oxygens (including phenoxy) is 1. The minimum absolute atomic E-state index is 0.244. The molecular formula is C15H26O2Si. The SMILES string of the molecule is CCOc1ccccc1CO[Si](C)(C)C(C)(C)C. The van der Waals surface area contributed by atoms with E-state index in [1.807, 2.05) is 25.1 Å². The number of hydrogen-bond acceptors (Lipinski definition) is 2. The van der Waals surface area contributed by atoms with E-state index in [0.29, 0.717) is 13.2 Å². The van der Waals surface area contributed by atoms with Crippen LogP contribution in [-0.2, 0) is 11.0 Å². The lowest BCUT2D eigenvalue weighted by molar-refractivity contribution is 0.264. The number of hydrogen-bond donors (Lipinski definition) is 0. The first-order valence-corrected chi connectivity index (χ1v) is 9.53. The van der Waals surface area contributed by atoms with Crippen molar-refractivity contribution in [3.63, 3.8) is 0 Å². The summed E-state index contributed by atoms with van der Waals surface area (Å²) in [6.45, 7) is 14.7. The molecule has 0 amide bonds. The highest BCUT2D eigenvalue weighted by molar-refractivity contribution is 6.74. The van der Waals surface area contributed by atoms with Crippen LogP contribution in [0.2, 0.25) is 18.1 Å². The van der Waals surface area contributed by atoms with Crippen molar-refractivity contribution in [3.05, 3.63) is 29.8 Å². The fourth-order valence-corrected chi connectivity index (χ4v) is 2.34. The lowest BCUT2D eigenvalue weighted by Crippen LogP contribution is -2.40. The predicted octanol–water partition coefficient (Wildman–Crippen LogP) is 4.61. The third kappa shape index (κ3) is 3.85. The van der Waals surface area contributed by atoms with Gasteiger partial charge in [0.2, 0.25) is 0 Å². The Balaban J connectivity index is 2.75. The molecule has 102 valence electrons. The average Bonchev–Trinajstić information content (AvgIpc) is 2.27. The summed E-state index contributed by atoms with van der Waals surface area (Å²) in [6.07, 6.45) is 0. The molecule has 0 fully saturated rings. The van der Waals surface area contributed by atoms with Crippen LogP contribution in [0.15, 0.2) is 24.3 Å². The molecule has 0 N–H and O–H groups in total. The number of para-hydroxylation sites is 1. The van der Waals surface area contributed by atoms with Crippen LogP contribution in [0.25, 0.3) is 0 Å². The Morgan fingerprint density at radius 3 is 2.28 bits per heavy atom. The largest absolute Gasteiger partial charge is 0.494 e. The second kappa shape index (κ2) is 5.89. The van der Waals surface area contributed by atoms with E-state index in [4.69, 9.17) is 9.16 Å². The van der Waals surface area contributed by atoms with Crippen LogP contribution < -0.4 is 4.74 Å². The van der Waals surface area contributed by atoms with E-state index in [1.54, 1.807) is 0 Å². The first kappa shape index (κ1) is 15.3. The van der Waals surface area contributed by atoms with Crippen molar-refractivity contribution in [2.24, 2.45) is 0 Å². The van der Waals surface area contributed by atoms with Crippen molar-refractivity contribution >= 4 is 8.32 Å². The van der Waals surface area contributed by atoms with Crippen LogP contribution in [0.1, 0.15) is 33.3 Å². The Morgan fingerprint density at radius 1 is 1.11 bits per heavy atom. The molecule has 1 aromatic rings. The van der Waals surface area contributed by atoms with Crippen LogP contribution in [0.5, 0.6) is 5.75 Å². The molecule has 18 heavy (non-hydrogen) atoms. The summed E-state index contributed by atoms with van der Waals surface area (Å²) in [5.74, 6) is 0.943. The van der Waals surface area contributed by atoms with Gasteiger partial charge >= 0.3 is 0 Å². The molecule has 1 aromatic carbocycles. The molecular weight excluding hydrogens is 240 g/mol. The molecule has 0 saturated heterocycles. The van der Waals surface area contributed by atoms with Gasteiger partial charge in [-0.15, -0.1) is 0 Å². The first-order chi connectivity index (χ1) is 8.28. The normalized spacial score (nSPS) is 12.6. The minimum Gasteiger partial charge on any atom is -0.494 e. The van der Waals surface area contributed by atoms with Crippen molar-refractivity contribution in [3.8, 4) is 5.75 Å². The Kier molecular flexibility index (Phi) is 4.99. The van der Waals surface area contributed by atoms with E-state index in [0.717, 1.165) is 11.3 Å². The van der Waals surface area contributed by atoms with Crippen LogP contribution in [0, 0.1) is 0 Å². The van der Waals surface area contributed by atoms with E-state index < -0.39 is 8.32 Å². The monoisotopic (exact) mass is 266 g/mol. The van der Waals surface area contributed by atoms with Crippen LogP contribution in [0.4, 0.5) is 0 Å². The highest BCUT2D eigenvalue weighted by Gasteiger charge is 2.37. The molecule has 0 aromatic heterocycles. The fraction of sp³-hybridized carbons (Fsp3) is 0.600. The van der Waals surface area contributed by atoms with E-state index in [2.05, 4.69) is 39.9 Å². The molecule has 0 aliphatic rings.